The Morgan fingerprint density at radius 3 is 2.48 bits per heavy atom. The number of aromatic hydroxyl groups is 1. The third-order valence-electron chi connectivity index (χ3n) is 6.09. The number of nitrogens with zero attached hydrogens (tertiary/aromatic N) is 2. The molecule has 0 radical (unpaired) electrons. The highest BCUT2D eigenvalue weighted by Crippen LogP contribution is 2.41. The van der Waals surface area contributed by atoms with Gasteiger partial charge in [-0.3, -0.25) is 9.59 Å². The summed E-state index contributed by atoms with van der Waals surface area (Å²) < 4.78 is 11.1. The third kappa shape index (κ3) is 4.39. The van der Waals surface area contributed by atoms with Gasteiger partial charge >= 0.3 is 0 Å². The average molecular weight is 453 g/mol. The number of ketones is 1. The fraction of sp³-hybridized carbons (Fsp3) is 0.360. The molecule has 0 unspecified atom stereocenters. The van der Waals surface area contributed by atoms with Crippen molar-refractivity contribution in [3.8, 4) is 17.2 Å². The number of aliphatic hydroxyl groups excluding tert-OH is 1. The zero-order chi connectivity index (χ0) is 23.5. The van der Waals surface area contributed by atoms with Crippen LogP contribution in [0.4, 0.5) is 0 Å². The molecular formula is C25H28N2O6. The first kappa shape index (κ1) is 22.7. The van der Waals surface area contributed by atoms with E-state index < -0.39 is 17.7 Å². The molecule has 0 aromatic heterocycles. The van der Waals surface area contributed by atoms with E-state index in [1.165, 1.54) is 17.0 Å². The molecule has 2 heterocycles. The van der Waals surface area contributed by atoms with Gasteiger partial charge in [-0.25, -0.2) is 0 Å². The molecule has 2 aliphatic heterocycles. The van der Waals surface area contributed by atoms with Crippen molar-refractivity contribution in [1.29, 1.82) is 0 Å². The van der Waals surface area contributed by atoms with Crippen LogP contribution >= 0.6 is 0 Å². The van der Waals surface area contributed by atoms with E-state index in [1.54, 1.807) is 30.3 Å². The highest BCUT2D eigenvalue weighted by molar-refractivity contribution is 6.46. The summed E-state index contributed by atoms with van der Waals surface area (Å²) in [5, 5.41) is 21.3. The predicted molar refractivity (Wildman–Crippen MR) is 122 cm³/mol. The van der Waals surface area contributed by atoms with Gasteiger partial charge in [-0.2, -0.15) is 0 Å². The number of carbonyl (C=O) groups excluding carboxylic acids is 2. The molecule has 2 aromatic rings. The molecule has 1 atom stereocenters. The lowest BCUT2D eigenvalue weighted by atomic mass is 9.95. The first-order valence-corrected chi connectivity index (χ1v) is 11.1. The molecule has 8 heteroatoms. The van der Waals surface area contributed by atoms with Crippen LogP contribution in [0.2, 0.25) is 0 Å². The number of aliphatic hydroxyl groups is 1. The minimum absolute atomic E-state index is 0.0122. The number of Topliss-reactive ketones (excluding diaryl/α,β-unsaturated/α-hetero) is 1. The summed E-state index contributed by atoms with van der Waals surface area (Å²) in [6, 6.07) is 10.5. The second-order valence-electron chi connectivity index (χ2n) is 7.97. The lowest BCUT2D eigenvalue weighted by molar-refractivity contribution is -0.140. The standard InChI is InChI=1S/C25H28N2O6/c1-3-26(4-2)10-11-27-22(16-6-5-7-18(28)14-16)21(24(30)25(27)31)23(29)17-8-9-19-20(15-17)33-13-12-32-19/h5-9,14-15,22,28-29H,3-4,10-13H2,1-2H3/b23-21+/t22-/m0/s1. The van der Waals surface area contributed by atoms with Gasteiger partial charge in [0.2, 0.25) is 0 Å². The summed E-state index contributed by atoms with van der Waals surface area (Å²) in [7, 11) is 0. The van der Waals surface area contributed by atoms with Gasteiger partial charge in [-0.05, 0) is 49.0 Å². The molecule has 1 amide bonds. The van der Waals surface area contributed by atoms with Crippen molar-refractivity contribution >= 4 is 17.4 Å². The van der Waals surface area contributed by atoms with Gasteiger partial charge in [-0.15, -0.1) is 0 Å². The summed E-state index contributed by atoms with van der Waals surface area (Å²) in [4.78, 5) is 29.8. The molecule has 33 heavy (non-hydrogen) atoms. The van der Waals surface area contributed by atoms with Gasteiger partial charge in [0, 0.05) is 18.7 Å². The van der Waals surface area contributed by atoms with Crippen LogP contribution in [-0.4, -0.2) is 71.1 Å². The molecule has 2 aliphatic rings. The number of likely N-dealkylation sites (tertiary alicyclic amines) is 1. The first-order chi connectivity index (χ1) is 15.9. The fourth-order valence-corrected chi connectivity index (χ4v) is 4.29. The number of phenolic OH excluding ortho intramolecular Hbond substituents is 1. The highest BCUT2D eigenvalue weighted by atomic mass is 16.6. The smallest absolute Gasteiger partial charge is 0.295 e. The Balaban J connectivity index is 1.79. The lowest BCUT2D eigenvalue weighted by Gasteiger charge is -2.28. The lowest BCUT2D eigenvalue weighted by Crippen LogP contribution is -2.38. The number of rotatable bonds is 7. The molecular weight excluding hydrogens is 424 g/mol. The van der Waals surface area contributed by atoms with Gasteiger partial charge in [-0.1, -0.05) is 26.0 Å². The number of likely N-dealkylation sites (N-methyl/N-ethyl adjacent to an activating group) is 1. The average Bonchev–Trinajstić information content (AvgIpc) is 3.09. The Labute approximate surface area is 192 Å². The number of amides is 1. The predicted octanol–water partition coefficient (Wildman–Crippen LogP) is 2.93. The van der Waals surface area contributed by atoms with E-state index in [4.69, 9.17) is 9.47 Å². The van der Waals surface area contributed by atoms with Crippen LogP contribution < -0.4 is 9.47 Å². The first-order valence-electron chi connectivity index (χ1n) is 11.1. The number of hydrogen-bond acceptors (Lipinski definition) is 7. The zero-order valence-corrected chi connectivity index (χ0v) is 18.8. The Bertz CT molecular complexity index is 1090. The van der Waals surface area contributed by atoms with Crippen molar-refractivity contribution < 1.29 is 29.3 Å². The van der Waals surface area contributed by atoms with Crippen molar-refractivity contribution in [3.63, 3.8) is 0 Å². The Kier molecular flexibility index (Phi) is 6.55. The molecule has 1 fully saturated rings. The second-order valence-corrected chi connectivity index (χ2v) is 7.97. The van der Waals surface area contributed by atoms with Crippen LogP contribution in [0.3, 0.4) is 0 Å². The van der Waals surface area contributed by atoms with E-state index in [-0.39, 0.29) is 17.1 Å². The van der Waals surface area contributed by atoms with Crippen molar-refractivity contribution in [3.05, 3.63) is 59.2 Å². The van der Waals surface area contributed by atoms with E-state index in [2.05, 4.69) is 4.90 Å². The summed E-state index contributed by atoms with van der Waals surface area (Å²) >= 11 is 0. The summed E-state index contributed by atoms with van der Waals surface area (Å²) in [6.07, 6.45) is 0. The molecule has 0 bridgehead atoms. The van der Waals surface area contributed by atoms with Crippen LogP contribution in [0.25, 0.3) is 5.76 Å². The number of carbonyl (C=O) groups is 2. The monoisotopic (exact) mass is 452 g/mol. The van der Waals surface area contributed by atoms with Gasteiger partial charge in [0.25, 0.3) is 11.7 Å². The molecule has 174 valence electrons. The summed E-state index contributed by atoms with van der Waals surface area (Å²) in [5.41, 5.74) is 0.890. The van der Waals surface area contributed by atoms with Crippen LogP contribution in [0.15, 0.2) is 48.0 Å². The largest absolute Gasteiger partial charge is 0.508 e. The van der Waals surface area contributed by atoms with Crippen molar-refractivity contribution in [2.24, 2.45) is 0 Å². The van der Waals surface area contributed by atoms with E-state index in [1.807, 2.05) is 13.8 Å². The van der Waals surface area contributed by atoms with Crippen LogP contribution in [-0.2, 0) is 9.59 Å². The number of phenols is 1. The fourth-order valence-electron chi connectivity index (χ4n) is 4.29. The summed E-state index contributed by atoms with van der Waals surface area (Å²) in [5.74, 6) is -0.674. The van der Waals surface area contributed by atoms with Gasteiger partial charge in [0.05, 0.1) is 11.6 Å². The minimum atomic E-state index is -0.819. The van der Waals surface area contributed by atoms with Crippen molar-refractivity contribution in [2.45, 2.75) is 19.9 Å². The maximum atomic E-state index is 13.1. The maximum absolute atomic E-state index is 13.1. The molecule has 1 saturated heterocycles. The van der Waals surface area contributed by atoms with E-state index in [0.29, 0.717) is 48.9 Å². The number of benzene rings is 2. The van der Waals surface area contributed by atoms with E-state index in [0.717, 1.165) is 13.1 Å². The molecule has 0 aliphatic carbocycles. The summed E-state index contributed by atoms with van der Waals surface area (Å²) in [6.45, 7) is 7.41. The highest BCUT2D eigenvalue weighted by Gasteiger charge is 2.46. The third-order valence-corrected chi connectivity index (χ3v) is 6.09. The van der Waals surface area contributed by atoms with Crippen molar-refractivity contribution in [1.82, 2.24) is 9.80 Å². The molecule has 2 N–H and O–H groups in total. The van der Waals surface area contributed by atoms with Gasteiger partial charge in [0.15, 0.2) is 11.5 Å². The molecule has 8 nitrogen and oxygen atoms in total. The number of ether oxygens (including phenoxy) is 2. The normalized spacial score (nSPS) is 19.4. The van der Waals surface area contributed by atoms with Gasteiger partial charge < -0.3 is 29.5 Å². The van der Waals surface area contributed by atoms with E-state index in [9.17, 15) is 19.8 Å². The molecule has 0 spiro atoms. The quantitative estimate of drug-likeness (QED) is 0.379. The maximum Gasteiger partial charge on any atom is 0.295 e. The van der Waals surface area contributed by atoms with Crippen LogP contribution in [0, 0.1) is 0 Å². The second kappa shape index (κ2) is 9.54. The number of fused-ring (bicyclic) bond motifs is 1. The van der Waals surface area contributed by atoms with Gasteiger partial charge in [0.1, 0.15) is 24.7 Å². The molecule has 0 saturated carbocycles. The Hall–Kier alpha value is -3.52. The van der Waals surface area contributed by atoms with Crippen LogP contribution in [0.1, 0.15) is 31.0 Å². The van der Waals surface area contributed by atoms with E-state index >= 15 is 0 Å². The molecule has 4 rings (SSSR count). The van der Waals surface area contributed by atoms with Crippen molar-refractivity contribution in [2.75, 3.05) is 39.4 Å². The SMILES string of the molecule is CCN(CC)CCN1C(=O)C(=O)/C(=C(/O)c2ccc3c(c2)OCCO3)[C@@H]1c1cccc(O)c1. The topological polar surface area (TPSA) is 99.5 Å². The van der Waals surface area contributed by atoms with Crippen LogP contribution in [0.5, 0.6) is 17.2 Å². The Morgan fingerprint density at radius 1 is 1.06 bits per heavy atom. The molecule has 2 aromatic carbocycles. The number of hydrogen-bond donors (Lipinski definition) is 2. The zero-order valence-electron chi connectivity index (χ0n) is 18.8. The minimum Gasteiger partial charge on any atom is -0.508 e. The Morgan fingerprint density at radius 2 is 1.79 bits per heavy atom.